The summed E-state index contributed by atoms with van der Waals surface area (Å²) in [6.45, 7) is 0. The van der Waals surface area contributed by atoms with Crippen molar-refractivity contribution in [3.05, 3.63) is 57.1 Å². The Balaban J connectivity index is 2.55. The lowest BCUT2D eigenvalue weighted by atomic mass is 10.1. The smallest absolute Gasteiger partial charge is 0.255 e. The molecular weight excluding hydrogens is 256 g/mol. The Kier molecular flexibility index (Phi) is 1.99. The van der Waals surface area contributed by atoms with Gasteiger partial charge in [0, 0.05) is 12.3 Å². The van der Waals surface area contributed by atoms with Crippen molar-refractivity contribution in [3.63, 3.8) is 0 Å². The summed E-state index contributed by atoms with van der Waals surface area (Å²) >= 11 is 0. The number of benzene rings is 1. The van der Waals surface area contributed by atoms with Crippen LogP contribution in [0, 0.1) is 0 Å². The molecule has 4 aromatic rings. The zero-order valence-corrected chi connectivity index (χ0v) is 10.6. The van der Waals surface area contributed by atoms with Gasteiger partial charge in [0.2, 0.25) is 0 Å². The van der Waals surface area contributed by atoms with Gasteiger partial charge in [0.05, 0.1) is 34.4 Å². The van der Waals surface area contributed by atoms with Crippen LogP contribution >= 0.6 is 0 Å². The van der Waals surface area contributed by atoms with E-state index in [0.29, 0.717) is 27.6 Å². The minimum atomic E-state index is -0.162. The van der Waals surface area contributed by atoms with Crippen LogP contribution in [0.5, 0.6) is 5.75 Å². The zero-order chi connectivity index (χ0) is 13.9. The van der Waals surface area contributed by atoms with Crippen molar-refractivity contribution >= 4 is 27.3 Å². The minimum absolute atomic E-state index is 0.114. The van der Waals surface area contributed by atoms with E-state index in [1.807, 2.05) is 0 Å². The van der Waals surface area contributed by atoms with Crippen molar-refractivity contribution in [3.8, 4) is 5.75 Å². The number of pyridine rings is 2. The molecule has 98 valence electrons. The highest BCUT2D eigenvalue weighted by Crippen LogP contribution is 2.34. The van der Waals surface area contributed by atoms with E-state index < -0.39 is 0 Å². The van der Waals surface area contributed by atoms with Gasteiger partial charge in [0.1, 0.15) is 5.75 Å². The van der Waals surface area contributed by atoms with Gasteiger partial charge in [-0.05, 0) is 18.2 Å². The number of H-pyrrole nitrogens is 1. The predicted molar refractivity (Wildman–Crippen MR) is 77.0 cm³/mol. The highest BCUT2D eigenvalue weighted by atomic mass is 16.5. The lowest BCUT2D eigenvalue weighted by Gasteiger charge is -2.04. The van der Waals surface area contributed by atoms with Crippen LogP contribution in [0.1, 0.15) is 0 Å². The first-order valence-corrected chi connectivity index (χ1v) is 6.17. The molecule has 0 radical (unpaired) electrons. The molecule has 0 spiro atoms. The van der Waals surface area contributed by atoms with Crippen molar-refractivity contribution in [2.45, 2.75) is 0 Å². The van der Waals surface area contributed by atoms with Crippen molar-refractivity contribution in [1.29, 1.82) is 0 Å². The fourth-order valence-corrected chi connectivity index (χ4v) is 2.83. The molecule has 0 aliphatic rings. The van der Waals surface area contributed by atoms with Crippen molar-refractivity contribution in [2.75, 3.05) is 7.11 Å². The number of methoxy groups -OCH3 is 1. The molecule has 0 amide bonds. The maximum absolute atomic E-state index is 12.2. The van der Waals surface area contributed by atoms with Gasteiger partial charge in [0.25, 0.3) is 5.56 Å². The Bertz CT molecular complexity index is 1080. The average Bonchev–Trinajstić information content (AvgIpc) is 2.81. The number of ether oxygens (including phenoxy) is 1. The van der Waals surface area contributed by atoms with E-state index in [0.717, 1.165) is 5.52 Å². The topological polar surface area (TPSA) is 63.6 Å². The number of hydrogen-bond acceptors (Lipinski definition) is 3. The molecule has 5 nitrogen and oxygen atoms in total. The maximum Gasteiger partial charge on any atom is 0.255 e. The highest BCUT2D eigenvalue weighted by molar-refractivity contribution is 6.15. The summed E-state index contributed by atoms with van der Waals surface area (Å²) in [4.78, 5) is 27.5. The lowest BCUT2D eigenvalue weighted by molar-refractivity contribution is 0.418. The fourth-order valence-electron chi connectivity index (χ4n) is 2.83. The molecule has 0 bridgehead atoms. The molecule has 20 heavy (non-hydrogen) atoms. The van der Waals surface area contributed by atoms with E-state index in [-0.39, 0.29) is 11.0 Å². The number of nitrogens with zero attached hydrogens (tertiary/aromatic N) is 1. The first kappa shape index (κ1) is 11.0. The third-order valence-electron chi connectivity index (χ3n) is 3.65. The lowest BCUT2D eigenvalue weighted by Crippen LogP contribution is -2.10. The van der Waals surface area contributed by atoms with Gasteiger partial charge in [-0.2, -0.15) is 0 Å². The molecule has 4 rings (SSSR count). The van der Waals surface area contributed by atoms with E-state index in [1.165, 1.54) is 12.1 Å². The number of hydrogen-bond donors (Lipinski definition) is 1. The molecule has 0 aliphatic carbocycles. The van der Waals surface area contributed by atoms with Crippen molar-refractivity contribution < 1.29 is 4.74 Å². The number of aromatic nitrogens is 2. The molecule has 0 fully saturated rings. The zero-order valence-electron chi connectivity index (χ0n) is 10.6. The molecule has 0 unspecified atom stereocenters. The maximum atomic E-state index is 12.2. The van der Waals surface area contributed by atoms with Crippen LogP contribution in [0.3, 0.4) is 0 Å². The fraction of sp³-hybridized carbons (Fsp3) is 0.0667. The predicted octanol–water partition coefficient (Wildman–Crippen LogP) is 1.74. The molecule has 0 saturated carbocycles. The van der Waals surface area contributed by atoms with Crippen molar-refractivity contribution in [1.82, 2.24) is 9.38 Å². The van der Waals surface area contributed by atoms with Crippen LogP contribution in [0.4, 0.5) is 0 Å². The number of nitrogens with one attached hydrogen (secondary N) is 1. The number of rotatable bonds is 1. The second-order valence-electron chi connectivity index (χ2n) is 4.65. The van der Waals surface area contributed by atoms with E-state index in [9.17, 15) is 9.59 Å². The molecule has 3 heterocycles. The van der Waals surface area contributed by atoms with Gasteiger partial charge >= 0.3 is 0 Å². The number of fused-ring (bicyclic) bond motifs is 3. The first-order valence-electron chi connectivity index (χ1n) is 6.17. The summed E-state index contributed by atoms with van der Waals surface area (Å²) in [5.74, 6) is 0.555. The molecule has 5 heteroatoms. The molecule has 0 atom stereocenters. The number of aromatic amines is 1. The van der Waals surface area contributed by atoms with Gasteiger partial charge in [-0.15, -0.1) is 0 Å². The summed E-state index contributed by atoms with van der Waals surface area (Å²) in [6, 6.07) is 8.14. The van der Waals surface area contributed by atoms with Gasteiger partial charge in [-0.1, -0.05) is 6.07 Å². The highest BCUT2D eigenvalue weighted by Gasteiger charge is 2.18. The molecule has 0 saturated heterocycles. The second-order valence-corrected chi connectivity index (χ2v) is 4.65. The molecular formula is C15H10N2O3. The van der Waals surface area contributed by atoms with Crippen LogP contribution in [0.15, 0.2) is 46.1 Å². The van der Waals surface area contributed by atoms with Crippen LogP contribution in [-0.2, 0) is 0 Å². The van der Waals surface area contributed by atoms with E-state index in [2.05, 4.69) is 4.98 Å². The van der Waals surface area contributed by atoms with Gasteiger partial charge in [0.15, 0.2) is 5.43 Å². The average molecular weight is 266 g/mol. The quantitative estimate of drug-likeness (QED) is 0.570. The summed E-state index contributed by atoms with van der Waals surface area (Å²) in [7, 11) is 1.54. The van der Waals surface area contributed by atoms with Gasteiger partial charge in [-0.25, -0.2) is 0 Å². The van der Waals surface area contributed by atoms with Crippen LogP contribution in [-0.4, -0.2) is 16.5 Å². The Hall–Kier alpha value is -2.82. The largest absolute Gasteiger partial charge is 0.494 e. The standard InChI is InChI=1S/C15H10N2O3/c1-20-11-7-16-8-5-6-12(19)17-9-3-2-4-10(18)13(9)14(11)15(8)17/h2-7,16H,1H3. The Labute approximate surface area is 112 Å². The van der Waals surface area contributed by atoms with E-state index in [1.54, 1.807) is 35.9 Å². The molecule has 0 aliphatic heterocycles. The van der Waals surface area contributed by atoms with Gasteiger partial charge < -0.3 is 9.72 Å². The summed E-state index contributed by atoms with van der Waals surface area (Å²) in [6.07, 6.45) is 1.70. The van der Waals surface area contributed by atoms with Crippen LogP contribution in [0.25, 0.3) is 27.3 Å². The van der Waals surface area contributed by atoms with Crippen LogP contribution < -0.4 is 15.7 Å². The van der Waals surface area contributed by atoms with Crippen molar-refractivity contribution in [2.24, 2.45) is 0 Å². The second kappa shape index (κ2) is 3.60. The molecule has 1 aromatic carbocycles. The van der Waals surface area contributed by atoms with Gasteiger partial charge in [-0.3, -0.25) is 14.0 Å². The normalized spacial score (nSPS) is 11.7. The third kappa shape index (κ3) is 1.17. The SMILES string of the molecule is COc1c[nH]c2ccc(=O)n3c4cccc(=O)c4c1c23. The Morgan fingerprint density at radius 3 is 2.75 bits per heavy atom. The summed E-state index contributed by atoms with van der Waals surface area (Å²) in [5.41, 5.74) is 1.81. The molecule has 3 aromatic heterocycles. The van der Waals surface area contributed by atoms with E-state index >= 15 is 0 Å². The Morgan fingerprint density at radius 2 is 1.95 bits per heavy atom. The third-order valence-corrected chi connectivity index (χ3v) is 3.65. The summed E-state index contributed by atoms with van der Waals surface area (Å²) < 4.78 is 6.90. The Morgan fingerprint density at radius 1 is 1.10 bits per heavy atom. The minimum Gasteiger partial charge on any atom is -0.494 e. The van der Waals surface area contributed by atoms with Crippen LogP contribution in [0.2, 0.25) is 0 Å². The summed E-state index contributed by atoms with van der Waals surface area (Å²) in [5, 5.41) is 1.20. The monoisotopic (exact) mass is 266 g/mol. The molecule has 1 N–H and O–H groups in total. The van der Waals surface area contributed by atoms with E-state index in [4.69, 9.17) is 4.74 Å². The first-order chi connectivity index (χ1) is 9.72.